The van der Waals surface area contributed by atoms with E-state index < -0.39 is 11.7 Å². The van der Waals surface area contributed by atoms with E-state index in [-0.39, 0.29) is 17.5 Å². The molecule has 2 N–H and O–H groups in total. The molecule has 36 heavy (non-hydrogen) atoms. The van der Waals surface area contributed by atoms with Crippen LogP contribution in [0.4, 0.5) is 4.39 Å². The number of rotatable bonds is 12. The van der Waals surface area contributed by atoms with E-state index in [4.69, 9.17) is 15.2 Å². The maximum Gasteiger partial charge on any atom is 0.258 e. The first kappa shape index (κ1) is 28.7. The second-order valence-corrected chi connectivity index (χ2v) is 8.40. The topological polar surface area (TPSA) is 92.8 Å². The maximum absolute atomic E-state index is 14.1. The lowest BCUT2D eigenvalue weighted by Gasteiger charge is -2.26. The van der Waals surface area contributed by atoms with E-state index in [0.29, 0.717) is 30.7 Å². The van der Waals surface area contributed by atoms with E-state index in [0.717, 1.165) is 30.9 Å². The van der Waals surface area contributed by atoms with Gasteiger partial charge in [0.2, 0.25) is 5.96 Å². The molecule has 0 heterocycles. The summed E-state index contributed by atoms with van der Waals surface area (Å²) in [7, 11) is 5.68. The lowest BCUT2D eigenvalue weighted by molar-refractivity contribution is 0.0993. The van der Waals surface area contributed by atoms with Gasteiger partial charge >= 0.3 is 0 Å². The highest BCUT2D eigenvalue weighted by Crippen LogP contribution is 2.31. The summed E-state index contributed by atoms with van der Waals surface area (Å²) in [6.45, 7) is 12.2. The molecule has 9 heteroatoms. The van der Waals surface area contributed by atoms with Crippen LogP contribution in [0.3, 0.4) is 0 Å². The fourth-order valence-corrected chi connectivity index (χ4v) is 3.56. The first-order valence-corrected chi connectivity index (χ1v) is 11.7. The van der Waals surface area contributed by atoms with Crippen LogP contribution in [0, 0.1) is 0 Å². The fourth-order valence-electron chi connectivity index (χ4n) is 3.56. The van der Waals surface area contributed by atoms with Crippen LogP contribution < -0.4 is 10.5 Å². The van der Waals surface area contributed by atoms with Crippen molar-refractivity contribution in [2.24, 2.45) is 15.7 Å². The first-order chi connectivity index (χ1) is 17.2. The van der Waals surface area contributed by atoms with Crippen molar-refractivity contribution >= 4 is 17.6 Å². The van der Waals surface area contributed by atoms with Gasteiger partial charge in [0.25, 0.3) is 5.90 Å². The molecule has 0 amide bonds. The van der Waals surface area contributed by atoms with Gasteiger partial charge in [-0.2, -0.15) is 4.99 Å². The SMILES string of the molecule is C=C(/C=C\C(=C/COC)N(CC)CCN(C)C)N=C(N)N=C(Oc1cccc2c1C(=O)CC2)C(=C)F. The van der Waals surface area contributed by atoms with Crippen molar-refractivity contribution < 1.29 is 18.7 Å². The summed E-state index contributed by atoms with van der Waals surface area (Å²) in [6.07, 6.45) is 6.53. The van der Waals surface area contributed by atoms with E-state index >= 15 is 0 Å². The largest absolute Gasteiger partial charge is 0.436 e. The zero-order chi connectivity index (χ0) is 26.7. The van der Waals surface area contributed by atoms with Gasteiger partial charge in [-0.25, -0.2) is 9.38 Å². The second kappa shape index (κ2) is 14.1. The Labute approximate surface area is 213 Å². The lowest BCUT2D eigenvalue weighted by Crippen LogP contribution is -2.30. The number of carbonyl (C=O) groups is 1. The third-order valence-electron chi connectivity index (χ3n) is 5.40. The number of methoxy groups -OCH3 is 1. The molecular weight excluding hydrogens is 461 g/mol. The number of nitrogens with zero attached hydrogens (tertiary/aromatic N) is 4. The normalized spacial score (nSPS) is 14.5. The highest BCUT2D eigenvalue weighted by atomic mass is 19.1. The summed E-state index contributed by atoms with van der Waals surface area (Å²) in [6, 6.07) is 5.16. The number of nitrogens with two attached hydrogens (primary N) is 1. The van der Waals surface area contributed by atoms with Gasteiger partial charge in [0.05, 0.1) is 17.9 Å². The van der Waals surface area contributed by atoms with Crippen LogP contribution in [0.5, 0.6) is 5.75 Å². The minimum atomic E-state index is -0.943. The molecule has 0 spiro atoms. The van der Waals surface area contributed by atoms with Gasteiger partial charge in [-0.3, -0.25) is 4.79 Å². The van der Waals surface area contributed by atoms with E-state index in [2.05, 4.69) is 39.9 Å². The molecule has 194 valence electrons. The van der Waals surface area contributed by atoms with Gasteiger partial charge in [0.15, 0.2) is 11.6 Å². The number of fused-ring (bicyclic) bond motifs is 1. The molecule has 8 nitrogen and oxygen atoms in total. The Kier molecular flexibility index (Phi) is 11.2. The first-order valence-electron chi connectivity index (χ1n) is 11.7. The van der Waals surface area contributed by atoms with Crippen LogP contribution in [0.1, 0.15) is 29.3 Å². The summed E-state index contributed by atoms with van der Waals surface area (Å²) in [5, 5.41) is 0. The maximum atomic E-state index is 14.1. The highest BCUT2D eigenvalue weighted by molar-refractivity contribution is 6.05. The Hall–Kier alpha value is -3.56. The molecule has 2 rings (SSSR count). The standard InChI is InChI=1S/C27H36FN5O3/c1-7-33(17-16-32(4)5)22(15-18-35-6)13-11-19(2)30-27(29)31-26(20(3)28)36-24-10-8-9-21-12-14-23(34)25(21)24/h8-11,13,15H,2-3,7,12,14,16-18H2,1,4-6H3,(H2,29,30)/b13-11-,22-15+,31-26?. The van der Waals surface area contributed by atoms with Crippen molar-refractivity contribution in [3.8, 4) is 5.75 Å². The summed E-state index contributed by atoms with van der Waals surface area (Å²) in [4.78, 5) is 24.6. The molecule has 0 bridgehead atoms. The number of aliphatic imine (C=N–C) groups is 2. The highest BCUT2D eigenvalue weighted by Gasteiger charge is 2.25. The van der Waals surface area contributed by atoms with Crippen molar-refractivity contribution in [3.05, 3.63) is 77.9 Å². The number of hydrogen-bond acceptors (Lipinski definition) is 6. The minimum Gasteiger partial charge on any atom is -0.436 e. The molecule has 0 fully saturated rings. The number of guanidine groups is 1. The molecule has 0 atom stereocenters. The quantitative estimate of drug-likeness (QED) is 0.268. The van der Waals surface area contributed by atoms with Crippen molar-refractivity contribution in [2.45, 2.75) is 19.8 Å². The molecule has 1 aliphatic carbocycles. The Morgan fingerprint density at radius 3 is 2.58 bits per heavy atom. The number of benzene rings is 1. The number of allylic oxidation sites excluding steroid dienone is 2. The second-order valence-electron chi connectivity index (χ2n) is 8.40. The number of halogens is 1. The van der Waals surface area contributed by atoms with Gasteiger partial charge in [-0.1, -0.05) is 25.3 Å². The molecule has 1 aliphatic rings. The fraction of sp³-hybridized carbons (Fsp3) is 0.370. The number of ketones is 1. The summed E-state index contributed by atoms with van der Waals surface area (Å²) >= 11 is 0. The Balaban J connectivity index is 2.20. The van der Waals surface area contributed by atoms with Crippen LogP contribution in [-0.2, 0) is 11.2 Å². The average Bonchev–Trinajstić information content (AvgIpc) is 3.21. The van der Waals surface area contributed by atoms with Gasteiger partial charge in [-0.15, -0.1) is 0 Å². The number of carbonyl (C=O) groups excluding carboxylic acids is 1. The van der Waals surface area contributed by atoms with Gasteiger partial charge < -0.3 is 25.0 Å². The van der Waals surface area contributed by atoms with Crippen molar-refractivity contribution in [2.75, 3.05) is 47.4 Å². The lowest BCUT2D eigenvalue weighted by atomic mass is 10.1. The zero-order valence-electron chi connectivity index (χ0n) is 21.6. The van der Waals surface area contributed by atoms with Crippen LogP contribution in [-0.4, -0.2) is 74.9 Å². The number of likely N-dealkylation sites (N-methyl/N-ethyl adjacent to an activating group) is 2. The molecule has 0 aliphatic heterocycles. The molecule has 1 aromatic carbocycles. The minimum absolute atomic E-state index is 0.0615. The molecule has 0 unspecified atom stereocenters. The van der Waals surface area contributed by atoms with Crippen LogP contribution in [0.15, 0.2) is 76.8 Å². The molecule has 0 radical (unpaired) electrons. The number of ether oxygens (including phenoxy) is 2. The van der Waals surface area contributed by atoms with Gasteiger partial charge in [0.1, 0.15) is 5.75 Å². The Bertz CT molecular complexity index is 1090. The predicted molar refractivity (Wildman–Crippen MR) is 143 cm³/mol. The van der Waals surface area contributed by atoms with Crippen molar-refractivity contribution in [1.82, 2.24) is 9.80 Å². The van der Waals surface area contributed by atoms with Crippen molar-refractivity contribution in [3.63, 3.8) is 0 Å². The van der Waals surface area contributed by atoms with E-state index in [1.807, 2.05) is 32.3 Å². The van der Waals surface area contributed by atoms with E-state index in [1.165, 1.54) is 0 Å². The number of Topliss-reactive ketones (excluding diaryl/α,β-unsaturated/α-hetero) is 1. The van der Waals surface area contributed by atoms with Crippen LogP contribution in [0.2, 0.25) is 0 Å². The third-order valence-corrected chi connectivity index (χ3v) is 5.40. The third kappa shape index (κ3) is 8.58. The van der Waals surface area contributed by atoms with Gasteiger partial charge in [0, 0.05) is 38.9 Å². The Morgan fingerprint density at radius 1 is 1.19 bits per heavy atom. The number of hydrogen-bond donors (Lipinski definition) is 1. The zero-order valence-corrected chi connectivity index (χ0v) is 21.6. The number of aryl methyl sites for hydroxylation is 1. The smallest absolute Gasteiger partial charge is 0.258 e. The molecule has 0 aromatic heterocycles. The van der Waals surface area contributed by atoms with Crippen molar-refractivity contribution in [1.29, 1.82) is 0 Å². The van der Waals surface area contributed by atoms with Gasteiger partial charge in [-0.05, 0) is 57.3 Å². The molecule has 0 saturated carbocycles. The summed E-state index contributed by atoms with van der Waals surface area (Å²) in [5.74, 6) is -1.53. The summed E-state index contributed by atoms with van der Waals surface area (Å²) in [5.41, 5.74) is 8.46. The monoisotopic (exact) mass is 497 g/mol. The Morgan fingerprint density at radius 2 is 1.94 bits per heavy atom. The van der Waals surface area contributed by atoms with E-state index in [9.17, 15) is 9.18 Å². The predicted octanol–water partition coefficient (Wildman–Crippen LogP) is 3.87. The van der Waals surface area contributed by atoms with E-state index in [1.54, 1.807) is 25.3 Å². The van der Waals surface area contributed by atoms with Crippen LogP contribution >= 0.6 is 0 Å². The van der Waals surface area contributed by atoms with Crippen LogP contribution in [0.25, 0.3) is 0 Å². The molecule has 1 aromatic rings. The molecule has 0 saturated heterocycles. The summed E-state index contributed by atoms with van der Waals surface area (Å²) < 4.78 is 24.9. The average molecular weight is 498 g/mol. The molecular formula is C27H36FN5O3.